The molecule has 1 aliphatic carbocycles. The number of aromatic carboxylic acids is 2. The van der Waals surface area contributed by atoms with Gasteiger partial charge in [-0.25, -0.2) is 14.0 Å². The molecule has 0 radical (unpaired) electrons. The summed E-state index contributed by atoms with van der Waals surface area (Å²) >= 11 is 0. The van der Waals surface area contributed by atoms with Crippen LogP contribution in [-0.2, 0) is 0 Å². The van der Waals surface area contributed by atoms with E-state index in [0.29, 0.717) is 11.1 Å². The summed E-state index contributed by atoms with van der Waals surface area (Å²) in [6, 6.07) is 10.2. The molecule has 0 saturated heterocycles. The third-order valence-electron chi connectivity index (χ3n) is 4.56. The zero-order chi connectivity index (χ0) is 20.9. The van der Waals surface area contributed by atoms with E-state index < -0.39 is 23.2 Å². The molecule has 2 aromatic carbocycles. The van der Waals surface area contributed by atoms with Crippen LogP contribution < -0.4 is 11.2 Å². The number of carboxylic acid groups (broad SMARTS) is 2. The fourth-order valence-electron chi connectivity index (χ4n) is 3.27. The van der Waals surface area contributed by atoms with Crippen molar-refractivity contribution in [2.24, 2.45) is 0 Å². The molecule has 7 nitrogen and oxygen atoms in total. The lowest BCUT2D eigenvalue weighted by Gasteiger charge is -2.17. The van der Waals surface area contributed by atoms with Gasteiger partial charge in [-0.05, 0) is 35.9 Å². The van der Waals surface area contributed by atoms with Gasteiger partial charge in [0.25, 0.3) is 0 Å². The minimum absolute atomic E-state index is 0.0446. The van der Waals surface area contributed by atoms with Crippen LogP contribution in [0.3, 0.4) is 0 Å². The molecule has 0 bridgehead atoms. The number of halogens is 1. The molecule has 2 aromatic rings. The van der Waals surface area contributed by atoms with E-state index in [0.717, 1.165) is 18.2 Å². The van der Waals surface area contributed by atoms with Crippen LogP contribution in [0.4, 0.5) is 10.1 Å². The average Bonchev–Trinajstić information content (AvgIpc) is 2.67. The first kappa shape index (κ1) is 18.2. The summed E-state index contributed by atoms with van der Waals surface area (Å²) in [5, 5.41) is 19.3. The Balaban J connectivity index is 2.20. The van der Waals surface area contributed by atoms with E-state index in [4.69, 9.17) is 10.2 Å². The molecule has 0 fully saturated rings. The van der Waals surface area contributed by atoms with E-state index in [1.54, 1.807) is 12.1 Å². The summed E-state index contributed by atoms with van der Waals surface area (Å²) in [4.78, 5) is 34.9. The topological polar surface area (TPSA) is 131 Å². The van der Waals surface area contributed by atoms with Crippen molar-refractivity contribution in [3.05, 3.63) is 75.7 Å². The summed E-state index contributed by atoms with van der Waals surface area (Å²) in [5.41, 5.74) is 5.66. The van der Waals surface area contributed by atoms with Crippen molar-refractivity contribution < 1.29 is 28.6 Å². The van der Waals surface area contributed by atoms with Gasteiger partial charge in [0.1, 0.15) is 11.3 Å². The number of anilines is 1. The maximum atomic E-state index is 14.1. The van der Waals surface area contributed by atoms with Crippen molar-refractivity contribution in [2.75, 3.05) is 5.73 Å². The second-order valence-electron chi connectivity index (χ2n) is 6.38. The molecular formula is C21H12FNO6. The Labute approximate surface area is 161 Å². The molecule has 0 spiro atoms. The lowest BCUT2D eigenvalue weighted by Crippen LogP contribution is -2.08. The third kappa shape index (κ3) is 2.96. The van der Waals surface area contributed by atoms with E-state index in [1.807, 2.05) is 0 Å². The Morgan fingerprint density at radius 1 is 0.931 bits per heavy atom. The molecule has 29 heavy (non-hydrogen) atoms. The lowest BCUT2D eigenvalue weighted by atomic mass is 9.89. The number of hydrogen-bond donors (Lipinski definition) is 3. The molecule has 4 N–H and O–H groups in total. The van der Waals surface area contributed by atoms with Crippen molar-refractivity contribution in [1.82, 2.24) is 0 Å². The summed E-state index contributed by atoms with van der Waals surface area (Å²) in [6.45, 7) is 0. The average molecular weight is 393 g/mol. The Kier molecular flexibility index (Phi) is 4.04. The number of nitrogen functional groups attached to an aromatic ring is 1. The van der Waals surface area contributed by atoms with Crippen LogP contribution in [0.1, 0.15) is 20.7 Å². The standard InChI is InChI=1S/C21H12FNO6/c22-15-7-14-18(8-16(15)24)29-17-6-10(23)2-4-12(17)19(14)11-3-1-9(20(25)26)5-13(11)21(27)28/h1-8H,23H2,(H,25,26)(H,27,28). The molecule has 1 aliphatic heterocycles. The van der Waals surface area contributed by atoms with Gasteiger partial charge in [0, 0.05) is 34.3 Å². The maximum absolute atomic E-state index is 14.1. The van der Waals surface area contributed by atoms with Gasteiger partial charge in [-0.15, -0.1) is 0 Å². The van der Waals surface area contributed by atoms with Crippen LogP contribution in [0.2, 0.25) is 0 Å². The molecule has 0 unspecified atom stereocenters. The summed E-state index contributed by atoms with van der Waals surface area (Å²) in [6.07, 6.45) is 0. The fraction of sp³-hybridized carbons (Fsp3) is 0. The van der Waals surface area contributed by atoms with Crippen LogP contribution in [0, 0.1) is 5.82 Å². The fourth-order valence-corrected chi connectivity index (χ4v) is 3.27. The number of rotatable bonds is 3. The second kappa shape index (κ2) is 6.45. The number of carboxylic acids is 2. The number of hydrogen-bond acceptors (Lipinski definition) is 5. The highest BCUT2D eigenvalue weighted by atomic mass is 19.1. The normalized spacial score (nSPS) is 11.1. The Morgan fingerprint density at radius 3 is 2.38 bits per heavy atom. The van der Waals surface area contributed by atoms with Crippen LogP contribution in [0.5, 0.6) is 0 Å². The first-order valence-electron chi connectivity index (χ1n) is 8.33. The molecular weight excluding hydrogens is 381 g/mol. The molecule has 0 saturated carbocycles. The lowest BCUT2D eigenvalue weighted by molar-refractivity contribution is 0.0696. The highest BCUT2D eigenvalue weighted by molar-refractivity contribution is 6.08. The van der Waals surface area contributed by atoms with Gasteiger partial charge in [0.15, 0.2) is 5.82 Å². The molecule has 0 aromatic heterocycles. The zero-order valence-corrected chi connectivity index (χ0v) is 14.6. The molecule has 1 heterocycles. The van der Waals surface area contributed by atoms with E-state index in [-0.39, 0.29) is 39.2 Å². The van der Waals surface area contributed by atoms with Crippen LogP contribution in [-0.4, -0.2) is 22.2 Å². The molecule has 0 amide bonds. The number of benzene rings is 3. The van der Waals surface area contributed by atoms with Crippen LogP contribution in [0.15, 0.2) is 57.7 Å². The van der Waals surface area contributed by atoms with Gasteiger partial charge in [-0.2, -0.15) is 0 Å². The van der Waals surface area contributed by atoms with E-state index >= 15 is 0 Å². The molecule has 8 heteroatoms. The minimum Gasteiger partial charge on any atom is -0.478 e. The van der Waals surface area contributed by atoms with Gasteiger partial charge >= 0.3 is 11.9 Å². The van der Waals surface area contributed by atoms with Gasteiger partial charge in [-0.1, -0.05) is 6.07 Å². The van der Waals surface area contributed by atoms with Gasteiger partial charge < -0.3 is 20.4 Å². The van der Waals surface area contributed by atoms with Gasteiger partial charge in [0.05, 0.1) is 11.1 Å². The largest absolute Gasteiger partial charge is 0.478 e. The van der Waals surface area contributed by atoms with Gasteiger partial charge in [-0.3, -0.25) is 4.79 Å². The zero-order valence-electron chi connectivity index (χ0n) is 14.6. The first-order chi connectivity index (χ1) is 13.8. The van der Waals surface area contributed by atoms with Crippen molar-refractivity contribution in [3.8, 4) is 22.5 Å². The van der Waals surface area contributed by atoms with E-state index in [9.17, 15) is 29.0 Å². The van der Waals surface area contributed by atoms with Crippen LogP contribution >= 0.6 is 0 Å². The molecule has 4 rings (SSSR count). The minimum atomic E-state index is -1.36. The predicted octanol–water partition coefficient (Wildman–Crippen LogP) is 3.68. The van der Waals surface area contributed by atoms with Crippen molar-refractivity contribution in [1.29, 1.82) is 0 Å². The maximum Gasteiger partial charge on any atom is 0.336 e. The quantitative estimate of drug-likeness (QED) is 0.357. The highest BCUT2D eigenvalue weighted by Crippen LogP contribution is 2.42. The van der Waals surface area contributed by atoms with E-state index in [2.05, 4.69) is 0 Å². The Bertz CT molecular complexity index is 1360. The van der Waals surface area contributed by atoms with E-state index in [1.165, 1.54) is 18.2 Å². The molecule has 0 atom stereocenters. The summed E-state index contributed by atoms with van der Waals surface area (Å²) in [5.74, 6) is -3.63. The Hall–Kier alpha value is -4.20. The monoisotopic (exact) mass is 393 g/mol. The SMILES string of the molecule is Nc1ccc2c(-c3ccc(C(=O)O)cc3C(=O)O)c3cc(F)c(=O)cc-3oc2c1. The first-order valence-corrected chi connectivity index (χ1v) is 8.33. The summed E-state index contributed by atoms with van der Waals surface area (Å²) in [7, 11) is 0. The molecule has 144 valence electrons. The van der Waals surface area contributed by atoms with Crippen LogP contribution in [0.25, 0.3) is 33.4 Å². The van der Waals surface area contributed by atoms with Crippen molar-refractivity contribution in [2.45, 2.75) is 0 Å². The highest BCUT2D eigenvalue weighted by Gasteiger charge is 2.24. The summed E-state index contributed by atoms with van der Waals surface area (Å²) < 4.78 is 19.8. The van der Waals surface area contributed by atoms with Crippen molar-refractivity contribution in [3.63, 3.8) is 0 Å². The smallest absolute Gasteiger partial charge is 0.336 e. The van der Waals surface area contributed by atoms with Gasteiger partial charge in [0.2, 0.25) is 5.43 Å². The number of carbonyl (C=O) groups is 2. The third-order valence-corrected chi connectivity index (χ3v) is 4.56. The second-order valence-corrected chi connectivity index (χ2v) is 6.38. The number of fused-ring (bicyclic) bond motifs is 2. The number of nitrogens with two attached hydrogens (primary N) is 1. The predicted molar refractivity (Wildman–Crippen MR) is 103 cm³/mol. The molecule has 2 aliphatic rings. The Morgan fingerprint density at radius 2 is 1.69 bits per heavy atom. The van der Waals surface area contributed by atoms with Crippen molar-refractivity contribution >= 4 is 28.6 Å².